The number of carbonyl (C=O) groups excluding carboxylic acids is 4. The number of nitrogens with zero attached hydrogens (tertiary/aromatic N) is 2. The van der Waals surface area contributed by atoms with Gasteiger partial charge in [0.05, 0.1) is 35.9 Å². The number of thioether (sulfide) groups is 1. The molecule has 3 amide bonds. The fraction of sp³-hybridized carbons (Fsp3) is 0.233. The zero-order valence-corrected chi connectivity index (χ0v) is 25.4. The summed E-state index contributed by atoms with van der Waals surface area (Å²) in [6.45, 7) is 1.69. The van der Waals surface area contributed by atoms with Crippen LogP contribution >= 0.6 is 34.4 Å². The second-order valence-corrected chi connectivity index (χ2v) is 12.8. The maximum absolute atomic E-state index is 13.9. The highest BCUT2D eigenvalue weighted by atomic mass is 32.2. The van der Waals surface area contributed by atoms with Crippen LogP contribution in [0.5, 0.6) is 5.75 Å². The third kappa shape index (κ3) is 5.28. The number of thiazole rings is 1. The molecule has 6 rings (SSSR count). The topological polar surface area (TPSA) is 124 Å². The number of thiophene rings is 1. The lowest BCUT2D eigenvalue weighted by Gasteiger charge is -2.29. The molecule has 2 aliphatic heterocycles. The van der Waals surface area contributed by atoms with Crippen molar-refractivity contribution in [3.63, 3.8) is 0 Å². The smallest absolute Gasteiger partial charge is 0.338 e. The van der Waals surface area contributed by atoms with Gasteiger partial charge < -0.3 is 14.8 Å². The molecule has 0 bridgehead atoms. The van der Waals surface area contributed by atoms with E-state index in [4.69, 9.17) is 9.47 Å². The number of anilines is 2. The van der Waals surface area contributed by atoms with Gasteiger partial charge in [0, 0.05) is 21.4 Å². The lowest BCUT2D eigenvalue weighted by Crippen LogP contribution is -2.32. The Bertz CT molecular complexity index is 1760. The Balaban J connectivity index is 1.30. The number of carbonyl (C=O) groups is 4. The highest BCUT2D eigenvalue weighted by Crippen LogP contribution is 2.54. The lowest BCUT2D eigenvalue weighted by molar-refractivity contribution is -0.122. The van der Waals surface area contributed by atoms with Crippen LogP contribution < -0.4 is 19.8 Å². The van der Waals surface area contributed by atoms with E-state index >= 15 is 0 Å². The third-order valence-corrected chi connectivity index (χ3v) is 10.8. The molecule has 0 saturated carbocycles. The molecule has 4 aromatic rings. The van der Waals surface area contributed by atoms with Crippen molar-refractivity contribution in [1.29, 1.82) is 0 Å². The first-order valence-electron chi connectivity index (χ1n) is 13.3. The molecule has 4 heterocycles. The molecule has 0 radical (unpaired) electrons. The number of esters is 1. The Kier molecular flexibility index (Phi) is 7.95. The monoisotopic (exact) mass is 635 g/mol. The van der Waals surface area contributed by atoms with Gasteiger partial charge in [0.25, 0.3) is 0 Å². The number of hydrogen-bond acceptors (Lipinski definition) is 10. The summed E-state index contributed by atoms with van der Waals surface area (Å²) in [7, 11) is 1.54. The zero-order chi connectivity index (χ0) is 30.2. The average Bonchev–Trinajstić information content (AvgIpc) is 3.71. The van der Waals surface area contributed by atoms with Crippen LogP contribution in [0.4, 0.5) is 11.4 Å². The summed E-state index contributed by atoms with van der Waals surface area (Å²) in [6.07, 6.45) is 0. The number of aromatic nitrogens is 1. The molecule has 1 N–H and O–H groups in total. The Hall–Kier alpha value is -4.20. The highest BCUT2D eigenvalue weighted by molar-refractivity contribution is 8.00. The number of amides is 3. The van der Waals surface area contributed by atoms with E-state index in [9.17, 15) is 24.0 Å². The summed E-state index contributed by atoms with van der Waals surface area (Å²) in [4.78, 5) is 68.4. The number of nitrogens with one attached hydrogen (secondary N) is 1. The molecule has 2 aromatic heterocycles. The maximum atomic E-state index is 13.9. The number of rotatable bonds is 8. The average molecular weight is 636 g/mol. The Morgan fingerprint density at radius 1 is 0.977 bits per heavy atom. The molecule has 3 unspecified atom stereocenters. The van der Waals surface area contributed by atoms with E-state index in [-0.39, 0.29) is 29.8 Å². The summed E-state index contributed by atoms with van der Waals surface area (Å²) in [5.74, 6) is -2.21. The van der Waals surface area contributed by atoms with Crippen molar-refractivity contribution in [2.75, 3.05) is 23.9 Å². The summed E-state index contributed by atoms with van der Waals surface area (Å²) < 4.78 is 11.6. The lowest BCUT2D eigenvalue weighted by atomic mass is 9.87. The van der Waals surface area contributed by atoms with Gasteiger partial charge >= 0.3 is 10.8 Å². The molecular weight excluding hydrogens is 611 g/mol. The minimum Gasteiger partial charge on any atom is -0.497 e. The highest BCUT2D eigenvalue weighted by Gasteiger charge is 2.57. The number of hydrogen-bond donors (Lipinski definition) is 1. The zero-order valence-electron chi connectivity index (χ0n) is 23.0. The second kappa shape index (κ2) is 11.8. The fourth-order valence-corrected chi connectivity index (χ4v) is 8.99. The first kappa shape index (κ1) is 28.9. The van der Waals surface area contributed by atoms with Crippen molar-refractivity contribution >= 4 is 69.5 Å². The van der Waals surface area contributed by atoms with E-state index in [2.05, 4.69) is 5.32 Å². The van der Waals surface area contributed by atoms with Crippen LogP contribution in [0.25, 0.3) is 0 Å². The summed E-state index contributed by atoms with van der Waals surface area (Å²) in [6, 6.07) is 16.8. The van der Waals surface area contributed by atoms with E-state index in [1.165, 1.54) is 27.9 Å². The van der Waals surface area contributed by atoms with Crippen LogP contribution in [0, 0.1) is 5.92 Å². The number of imide groups is 1. The van der Waals surface area contributed by atoms with Gasteiger partial charge in [-0.2, -0.15) is 0 Å². The predicted molar refractivity (Wildman–Crippen MR) is 164 cm³/mol. The summed E-state index contributed by atoms with van der Waals surface area (Å²) >= 11 is 3.62. The van der Waals surface area contributed by atoms with Gasteiger partial charge in [-0.3, -0.25) is 23.7 Å². The Morgan fingerprint density at radius 3 is 2.37 bits per heavy atom. The molecule has 10 nitrogen and oxygen atoms in total. The van der Waals surface area contributed by atoms with Crippen molar-refractivity contribution in [1.82, 2.24) is 4.57 Å². The number of benzene rings is 2. The van der Waals surface area contributed by atoms with E-state index < -0.39 is 29.0 Å². The molecule has 2 aromatic carbocycles. The molecule has 43 heavy (non-hydrogen) atoms. The van der Waals surface area contributed by atoms with E-state index in [1.807, 2.05) is 17.5 Å². The van der Waals surface area contributed by atoms with Gasteiger partial charge in [0.15, 0.2) is 0 Å². The fourth-order valence-electron chi connectivity index (χ4n) is 5.26. The van der Waals surface area contributed by atoms with E-state index in [0.717, 1.165) is 28.0 Å². The third-order valence-electron chi connectivity index (χ3n) is 7.21. The van der Waals surface area contributed by atoms with E-state index in [0.29, 0.717) is 32.6 Å². The molecule has 0 aliphatic carbocycles. The van der Waals surface area contributed by atoms with Crippen LogP contribution in [0.15, 0.2) is 75.9 Å². The van der Waals surface area contributed by atoms with Crippen molar-refractivity contribution in [2.24, 2.45) is 5.92 Å². The number of fused-ring (bicyclic) bond motifs is 2. The summed E-state index contributed by atoms with van der Waals surface area (Å²) in [5, 5.41) is 4.40. The van der Waals surface area contributed by atoms with Crippen molar-refractivity contribution in [3.05, 3.63) is 91.0 Å². The number of methoxy groups -OCH3 is 1. The van der Waals surface area contributed by atoms with Gasteiger partial charge in [-0.1, -0.05) is 29.2 Å². The van der Waals surface area contributed by atoms with Crippen LogP contribution in [0.1, 0.15) is 33.0 Å². The summed E-state index contributed by atoms with van der Waals surface area (Å²) in [5.41, 5.74) is 1.25. The predicted octanol–water partition coefficient (Wildman–Crippen LogP) is 4.59. The molecule has 2 aliphatic rings. The van der Waals surface area contributed by atoms with Gasteiger partial charge in [-0.05, 0) is 66.9 Å². The second-order valence-electron chi connectivity index (χ2n) is 9.74. The van der Waals surface area contributed by atoms with Gasteiger partial charge in [0.1, 0.15) is 17.5 Å². The Labute approximate surface area is 258 Å². The first-order valence-corrected chi connectivity index (χ1v) is 15.9. The van der Waals surface area contributed by atoms with Crippen molar-refractivity contribution in [2.45, 2.75) is 29.7 Å². The standard InChI is InChI=1S/C30H25N3O7S3/c1-3-40-29(37)16-6-8-17(9-7-16)31-21(34)15-32-28-25(43-30(32)38)22(20-5-4-14-41-20)23-24(42-28)27(36)33(26(23)35)18-10-12-19(39-2)13-11-18/h4-14,22-24H,3,15H2,1-2H3,(H,31,34). The minimum atomic E-state index is -0.770. The van der Waals surface area contributed by atoms with Gasteiger partial charge in [0.2, 0.25) is 17.7 Å². The van der Waals surface area contributed by atoms with E-state index in [1.54, 1.807) is 55.5 Å². The quantitative estimate of drug-likeness (QED) is 0.220. The molecule has 1 saturated heterocycles. The van der Waals surface area contributed by atoms with Crippen LogP contribution in [-0.2, 0) is 25.7 Å². The molecule has 3 atom stereocenters. The Morgan fingerprint density at radius 2 is 1.72 bits per heavy atom. The van der Waals surface area contributed by atoms with Crippen LogP contribution in [0.3, 0.4) is 0 Å². The molecule has 13 heteroatoms. The largest absolute Gasteiger partial charge is 0.497 e. The van der Waals surface area contributed by atoms with Crippen molar-refractivity contribution < 1.29 is 28.7 Å². The molecule has 220 valence electrons. The molecular formula is C30H25N3O7S3. The normalized spacial score (nSPS) is 19.1. The maximum Gasteiger partial charge on any atom is 0.338 e. The molecule has 0 spiro atoms. The molecule has 1 fully saturated rings. The SMILES string of the molecule is CCOC(=O)c1ccc(NC(=O)Cn2c3c(sc2=O)C(c2cccs2)C2C(=O)N(c4ccc(OC)cc4)C(=O)C2S3)cc1. The van der Waals surface area contributed by atoms with Crippen LogP contribution in [0.2, 0.25) is 0 Å². The van der Waals surface area contributed by atoms with Gasteiger partial charge in [-0.25, -0.2) is 9.69 Å². The number of ether oxygens (including phenoxy) is 2. The minimum absolute atomic E-state index is 0.253. The first-order chi connectivity index (χ1) is 20.8. The van der Waals surface area contributed by atoms with Crippen molar-refractivity contribution in [3.8, 4) is 5.75 Å². The van der Waals surface area contributed by atoms with Gasteiger partial charge in [-0.15, -0.1) is 11.3 Å². The van der Waals surface area contributed by atoms with Crippen LogP contribution in [-0.4, -0.2) is 47.2 Å².